The van der Waals surface area contributed by atoms with E-state index in [0.717, 1.165) is 50.5 Å². The highest BCUT2D eigenvalue weighted by atomic mass is 32.1. The highest BCUT2D eigenvalue weighted by Gasteiger charge is 2.19. The third kappa shape index (κ3) is 4.43. The molecule has 0 unspecified atom stereocenters. The molecule has 3 aromatic carbocycles. The number of aliphatic imine (C=N–C) groups is 1. The highest BCUT2D eigenvalue weighted by molar-refractivity contribution is 7.21. The SMILES string of the molecule is CCCc1[nH]n(-c2nc3ccccc3s2)c(=O)c1C(C)=Nc1ccc(-c2nc3ccc(C)cc3s2)cc1. The summed E-state index contributed by atoms with van der Waals surface area (Å²) < 4.78 is 3.79. The number of nitrogens with one attached hydrogen (secondary N) is 1. The minimum atomic E-state index is -0.120. The predicted molar refractivity (Wildman–Crippen MR) is 155 cm³/mol. The Morgan fingerprint density at radius 3 is 2.54 bits per heavy atom. The maximum absolute atomic E-state index is 13.5. The average Bonchev–Trinajstić information content (AvgIpc) is 3.59. The molecule has 0 aliphatic rings. The first-order valence-corrected chi connectivity index (χ1v) is 13.9. The normalized spacial score (nSPS) is 12.1. The van der Waals surface area contributed by atoms with Gasteiger partial charge in [0.25, 0.3) is 5.56 Å². The van der Waals surface area contributed by atoms with Gasteiger partial charge in [-0.3, -0.25) is 14.9 Å². The van der Waals surface area contributed by atoms with E-state index in [1.807, 2.05) is 55.5 Å². The van der Waals surface area contributed by atoms with Crippen molar-refractivity contribution in [2.75, 3.05) is 0 Å². The van der Waals surface area contributed by atoms with Gasteiger partial charge in [-0.15, -0.1) is 11.3 Å². The molecule has 0 radical (unpaired) electrons. The molecule has 6 rings (SSSR count). The third-order valence-corrected chi connectivity index (χ3v) is 8.34. The smallest absolute Gasteiger partial charge is 0.282 e. The fourth-order valence-corrected chi connectivity index (χ4v) is 6.46. The lowest BCUT2D eigenvalue weighted by atomic mass is 10.1. The van der Waals surface area contributed by atoms with Gasteiger partial charge in [-0.2, -0.15) is 4.68 Å². The Morgan fingerprint density at radius 2 is 1.76 bits per heavy atom. The van der Waals surface area contributed by atoms with E-state index in [9.17, 15) is 4.79 Å². The van der Waals surface area contributed by atoms with Crippen molar-refractivity contribution in [1.82, 2.24) is 19.7 Å². The van der Waals surface area contributed by atoms with E-state index in [-0.39, 0.29) is 5.56 Å². The summed E-state index contributed by atoms with van der Waals surface area (Å²) in [5.74, 6) is 0. The number of nitrogens with zero attached hydrogens (tertiary/aromatic N) is 4. The number of rotatable bonds is 6. The molecule has 6 aromatic rings. The number of fused-ring (bicyclic) bond motifs is 2. The Bertz CT molecular complexity index is 1800. The zero-order valence-corrected chi connectivity index (χ0v) is 22.4. The number of aromatic nitrogens is 4. The second kappa shape index (κ2) is 9.53. The maximum Gasteiger partial charge on any atom is 0.282 e. The summed E-state index contributed by atoms with van der Waals surface area (Å²) in [5.41, 5.74) is 7.06. The van der Waals surface area contributed by atoms with E-state index in [2.05, 4.69) is 42.1 Å². The van der Waals surface area contributed by atoms with Crippen LogP contribution in [0.25, 0.3) is 36.1 Å². The minimum Gasteiger partial charge on any atom is -0.292 e. The van der Waals surface area contributed by atoms with Gasteiger partial charge in [0.2, 0.25) is 5.13 Å². The molecule has 3 heterocycles. The maximum atomic E-state index is 13.5. The van der Waals surface area contributed by atoms with E-state index in [0.29, 0.717) is 16.4 Å². The van der Waals surface area contributed by atoms with E-state index < -0.39 is 0 Å². The van der Waals surface area contributed by atoms with Crippen molar-refractivity contribution in [3.63, 3.8) is 0 Å². The lowest BCUT2D eigenvalue weighted by Gasteiger charge is -2.02. The predicted octanol–water partition coefficient (Wildman–Crippen LogP) is 7.45. The van der Waals surface area contributed by atoms with E-state index in [4.69, 9.17) is 9.98 Å². The van der Waals surface area contributed by atoms with Crippen molar-refractivity contribution in [3.8, 4) is 15.7 Å². The van der Waals surface area contributed by atoms with Crippen LogP contribution in [-0.4, -0.2) is 25.5 Å². The number of hydrogen-bond donors (Lipinski definition) is 1. The molecule has 1 N–H and O–H groups in total. The molecule has 0 atom stereocenters. The summed E-state index contributed by atoms with van der Waals surface area (Å²) in [5, 5.41) is 4.93. The molecule has 0 aliphatic heterocycles. The van der Waals surface area contributed by atoms with Crippen LogP contribution in [0.5, 0.6) is 0 Å². The first-order valence-electron chi connectivity index (χ1n) is 12.2. The van der Waals surface area contributed by atoms with Crippen LogP contribution in [0, 0.1) is 6.92 Å². The first-order chi connectivity index (χ1) is 18.0. The molecule has 37 heavy (non-hydrogen) atoms. The van der Waals surface area contributed by atoms with Crippen LogP contribution < -0.4 is 5.56 Å². The molecule has 0 aliphatic carbocycles. The number of para-hydroxylation sites is 1. The molecule has 0 spiro atoms. The van der Waals surface area contributed by atoms with Crippen molar-refractivity contribution < 1.29 is 0 Å². The first kappa shape index (κ1) is 23.5. The Balaban J connectivity index is 1.34. The number of aryl methyl sites for hydroxylation is 2. The molecule has 8 heteroatoms. The highest BCUT2D eigenvalue weighted by Crippen LogP contribution is 2.32. The molecule has 3 aromatic heterocycles. The largest absolute Gasteiger partial charge is 0.292 e. The Kier molecular flexibility index (Phi) is 6.06. The second-order valence-corrected chi connectivity index (χ2v) is 11.1. The van der Waals surface area contributed by atoms with Crippen LogP contribution in [0.2, 0.25) is 0 Å². The number of aromatic amines is 1. The van der Waals surface area contributed by atoms with Gasteiger partial charge in [0.1, 0.15) is 5.01 Å². The lowest BCUT2D eigenvalue weighted by Crippen LogP contribution is -2.19. The Hall–Kier alpha value is -3.88. The molecule has 0 bridgehead atoms. The van der Waals surface area contributed by atoms with Crippen molar-refractivity contribution in [2.45, 2.75) is 33.6 Å². The fraction of sp³-hybridized carbons (Fsp3) is 0.172. The van der Waals surface area contributed by atoms with Gasteiger partial charge < -0.3 is 0 Å². The molecule has 184 valence electrons. The molecular formula is C29H25N5OS2. The van der Waals surface area contributed by atoms with Crippen molar-refractivity contribution in [1.29, 1.82) is 0 Å². The molecule has 6 nitrogen and oxygen atoms in total. The van der Waals surface area contributed by atoms with Gasteiger partial charge in [-0.1, -0.05) is 42.9 Å². The molecule has 0 fully saturated rings. The Labute approximate surface area is 222 Å². The van der Waals surface area contributed by atoms with Crippen molar-refractivity contribution >= 4 is 54.5 Å². The summed E-state index contributed by atoms with van der Waals surface area (Å²) in [4.78, 5) is 27.8. The van der Waals surface area contributed by atoms with Gasteiger partial charge in [-0.25, -0.2) is 9.97 Å². The van der Waals surface area contributed by atoms with Crippen LogP contribution in [-0.2, 0) is 6.42 Å². The topological polar surface area (TPSA) is 75.9 Å². The summed E-state index contributed by atoms with van der Waals surface area (Å²) in [6.07, 6.45) is 1.67. The van der Waals surface area contributed by atoms with Crippen molar-refractivity contribution in [2.24, 2.45) is 4.99 Å². The number of hydrogen-bond acceptors (Lipinski definition) is 6. The van der Waals surface area contributed by atoms with Crippen LogP contribution in [0.3, 0.4) is 0 Å². The van der Waals surface area contributed by atoms with E-state index in [1.54, 1.807) is 16.0 Å². The fourth-order valence-electron chi connectivity index (χ4n) is 4.46. The second-order valence-electron chi connectivity index (χ2n) is 9.05. The van der Waals surface area contributed by atoms with Gasteiger partial charge in [-0.05, 0) is 74.4 Å². The molecule has 0 saturated carbocycles. The monoisotopic (exact) mass is 523 g/mol. The van der Waals surface area contributed by atoms with Crippen molar-refractivity contribution in [3.05, 3.63) is 93.9 Å². The number of H-pyrrole nitrogens is 1. The lowest BCUT2D eigenvalue weighted by molar-refractivity contribution is 0.790. The third-order valence-electron chi connectivity index (χ3n) is 6.26. The Morgan fingerprint density at radius 1 is 0.973 bits per heavy atom. The molecule has 0 amide bonds. The van der Waals surface area contributed by atoms with Gasteiger partial charge in [0.05, 0.1) is 37.4 Å². The zero-order chi connectivity index (χ0) is 25.5. The standard InChI is InChI=1S/C29H25N5OS2/c1-4-7-23-26(28(35)34(33-23)29-32-21-8-5-6-9-24(21)37-29)18(3)30-20-13-11-19(12-14-20)27-31-22-15-10-17(2)16-25(22)36-27/h5-6,8-16,33H,4,7H2,1-3H3. The summed E-state index contributed by atoms with van der Waals surface area (Å²) in [6, 6.07) is 22.3. The summed E-state index contributed by atoms with van der Waals surface area (Å²) in [6.45, 7) is 6.10. The van der Waals surface area contributed by atoms with Crippen LogP contribution >= 0.6 is 22.7 Å². The van der Waals surface area contributed by atoms with Gasteiger partial charge in [0, 0.05) is 11.3 Å². The molecule has 0 saturated heterocycles. The van der Waals surface area contributed by atoms with Gasteiger partial charge in [0.15, 0.2) is 0 Å². The quantitative estimate of drug-likeness (QED) is 0.230. The van der Waals surface area contributed by atoms with Crippen LogP contribution in [0.15, 0.2) is 76.5 Å². The van der Waals surface area contributed by atoms with E-state index >= 15 is 0 Å². The number of benzene rings is 3. The minimum absolute atomic E-state index is 0.120. The summed E-state index contributed by atoms with van der Waals surface area (Å²) >= 11 is 3.19. The average molecular weight is 524 g/mol. The van der Waals surface area contributed by atoms with Gasteiger partial charge >= 0.3 is 0 Å². The van der Waals surface area contributed by atoms with E-state index in [1.165, 1.54) is 21.6 Å². The van der Waals surface area contributed by atoms with Crippen LogP contribution in [0.4, 0.5) is 5.69 Å². The van der Waals surface area contributed by atoms with Crippen LogP contribution in [0.1, 0.15) is 37.1 Å². The summed E-state index contributed by atoms with van der Waals surface area (Å²) in [7, 11) is 0. The zero-order valence-electron chi connectivity index (χ0n) is 20.8. The number of thiazole rings is 2. The molecular weight excluding hydrogens is 498 g/mol.